The highest BCUT2D eigenvalue weighted by molar-refractivity contribution is 6.06. The Balaban J connectivity index is 1.64. The maximum Gasteiger partial charge on any atom is 0.220 e. The van der Waals surface area contributed by atoms with Crippen LogP contribution in [0.2, 0.25) is 0 Å². The average Bonchev–Trinajstić information content (AvgIpc) is 2.75. The van der Waals surface area contributed by atoms with E-state index in [0.29, 0.717) is 11.3 Å². The van der Waals surface area contributed by atoms with Crippen LogP contribution in [0, 0.1) is 27.6 Å². The number of nitrogens with zero attached hydrogens (tertiary/aromatic N) is 1. The Morgan fingerprint density at radius 1 is 0.939 bits per heavy atom. The highest BCUT2D eigenvalue weighted by atomic mass is 16.3. The van der Waals surface area contributed by atoms with Crippen molar-refractivity contribution in [2.75, 3.05) is 14.1 Å². The summed E-state index contributed by atoms with van der Waals surface area (Å²) in [6.45, 7) is 14.5. The average molecular weight is 450 g/mol. The number of ketones is 1. The second-order valence-corrected chi connectivity index (χ2v) is 13.4. The molecule has 180 valence electrons. The number of carbonyl (C=O) groups excluding carboxylic acids is 1. The number of fused-ring (bicyclic) bond motifs is 7. The van der Waals surface area contributed by atoms with Crippen molar-refractivity contribution in [3.63, 3.8) is 0 Å². The summed E-state index contributed by atoms with van der Waals surface area (Å²) in [4.78, 5) is 15.1. The van der Waals surface area contributed by atoms with Gasteiger partial charge in [0.15, 0.2) is 5.76 Å². The van der Waals surface area contributed by atoms with Gasteiger partial charge in [-0.1, -0.05) is 45.4 Å². The molecule has 0 aromatic carbocycles. The fourth-order valence-electron chi connectivity index (χ4n) is 8.85. The zero-order chi connectivity index (χ0) is 24.2. The van der Waals surface area contributed by atoms with Crippen LogP contribution in [0.25, 0.3) is 0 Å². The van der Waals surface area contributed by atoms with E-state index in [1.54, 1.807) is 6.08 Å². The van der Waals surface area contributed by atoms with E-state index in [-0.39, 0.29) is 33.3 Å². The molecule has 33 heavy (non-hydrogen) atoms. The molecule has 3 unspecified atom stereocenters. The summed E-state index contributed by atoms with van der Waals surface area (Å²) in [7, 11) is 4.53. The van der Waals surface area contributed by atoms with Crippen molar-refractivity contribution in [1.29, 1.82) is 0 Å². The lowest BCUT2D eigenvalue weighted by Crippen LogP contribution is -2.63. The Morgan fingerprint density at radius 2 is 1.61 bits per heavy atom. The summed E-state index contributed by atoms with van der Waals surface area (Å²) in [5.74, 6) is 0.371. The topological polar surface area (TPSA) is 40.5 Å². The van der Waals surface area contributed by atoms with Crippen LogP contribution in [-0.2, 0) is 4.79 Å². The molecular formula is C30H43NO2. The Morgan fingerprint density at radius 3 is 2.27 bits per heavy atom. The van der Waals surface area contributed by atoms with E-state index in [4.69, 9.17) is 0 Å². The first kappa shape index (κ1) is 23.1. The Kier molecular flexibility index (Phi) is 4.73. The van der Waals surface area contributed by atoms with Gasteiger partial charge in [0.05, 0.1) is 0 Å². The van der Waals surface area contributed by atoms with Crippen molar-refractivity contribution in [1.82, 2.24) is 4.90 Å². The van der Waals surface area contributed by atoms with Crippen molar-refractivity contribution in [3.8, 4) is 0 Å². The molecule has 0 amide bonds. The molecule has 6 atom stereocenters. The van der Waals surface area contributed by atoms with Crippen molar-refractivity contribution in [3.05, 3.63) is 46.3 Å². The zero-order valence-electron chi connectivity index (χ0n) is 22.1. The first-order chi connectivity index (χ1) is 15.2. The third-order valence-electron chi connectivity index (χ3n) is 11.9. The van der Waals surface area contributed by atoms with Crippen LogP contribution >= 0.6 is 0 Å². The van der Waals surface area contributed by atoms with Crippen LogP contribution in [0.4, 0.5) is 0 Å². The minimum Gasteiger partial charge on any atom is -0.504 e. The fourth-order valence-corrected chi connectivity index (χ4v) is 8.85. The van der Waals surface area contributed by atoms with Gasteiger partial charge in [0.1, 0.15) is 0 Å². The van der Waals surface area contributed by atoms with Crippen molar-refractivity contribution in [2.24, 2.45) is 27.6 Å². The summed E-state index contributed by atoms with van der Waals surface area (Å²) < 4.78 is 0. The van der Waals surface area contributed by atoms with Gasteiger partial charge in [-0.3, -0.25) is 4.79 Å². The molecule has 0 heterocycles. The molecule has 0 aromatic rings. The second-order valence-electron chi connectivity index (χ2n) is 13.4. The number of hydrogen-bond donors (Lipinski definition) is 1. The molecule has 0 aliphatic heterocycles. The van der Waals surface area contributed by atoms with E-state index in [2.05, 4.69) is 65.8 Å². The monoisotopic (exact) mass is 449 g/mol. The number of aliphatic hydroxyl groups excluding tert-OH is 1. The standard InChI is InChI=1S/C30H43NO2/c1-19-20-9-10-23-28(4,21(20)17-22(32)25(19)33)14-16-30(6)24-18-27(3,31(7)8)13-11-26(24,2)12-15-29(23,30)5/h9-10,17,24,33H,11-16,18H2,1-8H3/t24?,26-,27-,28?,29?,30+/m1/s1. The Bertz CT molecular complexity index is 1060. The van der Waals surface area contributed by atoms with Crippen molar-refractivity contribution in [2.45, 2.75) is 92.0 Å². The summed E-state index contributed by atoms with van der Waals surface area (Å²) >= 11 is 0. The van der Waals surface area contributed by atoms with E-state index in [0.717, 1.165) is 23.1 Å². The third kappa shape index (κ3) is 2.75. The molecule has 5 aliphatic carbocycles. The number of allylic oxidation sites excluding steroid dienone is 7. The molecular weight excluding hydrogens is 406 g/mol. The van der Waals surface area contributed by atoms with Gasteiger partial charge in [-0.15, -0.1) is 0 Å². The molecule has 0 spiro atoms. The molecule has 0 radical (unpaired) electrons. The minimum atomic E-state index is -0.231. The lowest BCUT2D eigenvalue weighted by atomic mass is 9.35. The molecule has 3 fully saturated rings. The molecule has 0 saturated heterocycles. The molecule has 5 rings (SSSR count). The van der Waals surface area contributed by atoms with Crippen LogP contribution in [0.3, 0.4) is 0 Å². The van der Waals surface area contributed by atoms with E-state index < -0.39 is 0 Å². The quantitative estimate of drug-likeness (QED) is 0.472. The van der Waals surface area contributed by atoms with Gasteiger partial charge in [0.25, 0.3) is 0 Å². The third-order valence-corrected chi connectivity index (χ3v) is 11.9. The largest absolute Gasteiger partial charge is 0.504 e. The van der Waals surface area contributed by atoms with Crippen LogP contribution in [-0.4, -0.2) is 35.4 Å². The normalized spacial score (nSPS) is 47.1. The summed E-state index contributed by atoms with van der Waals surface area (Å²) in [5, 5.41) is 10.3. The molecule has 0 aromatic heterocycles. The number of hydrogen-bond acceptors (Lipinski definition) is 3. The molecule has 3 saturated carbocycles. The van der Waals surface area contributed by atoms with Gasteiger partial charge in [-0.2, -0.15) is 0 Å². The van der Waals surface area contributed by atoms with Crippen LogP contribution in [0.1, 0.15) is 86.5 Å². The van der Waals surface area contributed by atoms with E-state index in [1.165, 1.54) is 44.1 Å². The smallest absolute Gasteiger partial charge is 0.220 e. The van der Waals surface area contributed by atoms with Gasteiger partial charge in [-0.25, -0.2) is 0 Å². The van der Waals surface area contributed by atoms with Crippen molar-refractivity contribution >= 4 is 5.78 Å². The first-order valence-corrected chi connectivity index (χ1v) is 13.0. The lowest BCUT2D eigenvalue weighted by Gasteiger charge is -2.70. The molecule has 0 bridgehead atoms. The van der Waals surface area contributed by atoms with Crippen LogP contribution < -0.4 is 0 Å². The number of rotatable bonds is 1. The Hall–Kier alpha value is -1.61. The number of aliphatic hydroxyl groups is 1. The van der Waals surface area contributed by atoms with Gasteiger partial charge >= 0.3 is 0 Å². The van der Waals surface area contributed by atoms with Crippen molar-refractivity contribution < 1.29 is 9.90 Å². The Labute approximate surface area is 200 Å². The van der Waals surface area contributed by atoms with Crippen LogP contribution in [0.5, 0.6) is 0 Å². The summed E-state index contributed by atoms with van der Waals surface area (Å²) in [5.41, 5.74) is 5.35. The second kappa shape index (κ2) is 6.74. The summed E-state index contributed by atoms with van der Waals surface area (Å²) in [6, 6.07) is 0. The van der Waals surface area contributed by atoms with Gasteiger partial charge in [0, 0.05) is 16.5 Å². The highest BCUT2D eigenvalue weighted by Crippen LogP contribution is 2.75. The predicted octanol–water partition coefficient (Wildman–Crippen LogP) is 6.93. The van der Waals surface area contributed by atoms with E-state index >= 15 is 0 Å². The molecule has 3 nitrogen and oxygen atoms in total. The maximum absolute atomic E-state index is 12.6. The highest BCUT2D eigenvalue weighted by Gasteiger charge is 2.66. The predicted molar refractivity (Wildman–Crippen MR) is 135 cm³/mol. The SMILES string of the molecule is CC1=C(O)C(=O)C=C2C1=CC=C1C2(C)CC[C@@]2(C)C3C[C@](C)(N(C)C)CC[C@]3(C)CCC12C. The van der Waals surface area contributed by atoms with Crippen LogP contribution in [0.15, 0.2) is 46.3 Å². The van der Waals surface area contributed by atoms with Gasteiger partial charge in [-0.05, 0) is 112 Å². The lowest BCUT2D eigenvalue weighted by molar-refractivity contribution is -0.162. The minimum absolute atomic E-state index is 0.0871. The van der Waals surface area contributed by atoms with E-state index in [1.807, 2.05) is 6.92 Å². The molecule has 5 aliphatic rings. The fraction of sp³-hybridized carbons (Fsp3) is 0.700. The molecule has 3 heteroatoms. The first-order valence-electron chi connectivity index (χ1n) is 13.0. The van der Waals surface area contributed by atoms with Gasteiger partial charge < -0.3 is 10.0 Å². The van der Waals surface area contributed by atoms with E-state index in [9.17, 15) is 9.90 Å². The molecule has 1 N–H and O–H groups in total. The van der Waals surface area contributed by atoms with Gasteiger partial charge in [0.2, 0.25) is 5.78 Å². The maximum atomic E-state index is 12.6. The summed E-state index contributed by atoms with van der Waals surface area (Å²) in [6.07, 6.45) is 15.0. The number of carbonyl (C=O) groups is 1. The zero-order valence-corrected chi connectivity index (χ0v) is 22.1.